The van der Waals surface area contributed by atoms with Crippen LogP contribution in [-0.4, -0.2) is 41.8 Å². The molecule has 0 aromatic rings. The van der Waals surface area contributed by atoms with Gasteiger partial charge in [-0.05, 0) is 34.1 Å². The molecule has 94 valence electrons. The Balaban J connectivity index is 2.20. The van der Waals surface area contributed by atoms with Crippen LogP contribution in [0.15, 0.2) is 0 Å². The molecule has 0 spiro atoms. The fourth-order valence-electron chi connectivity index (χ4n) is 1.70. The predicted octanol–water partition coefficient (Wildman–Crippen LogP) is 1.99. The fraction of sp³-hybridized carbons (Fsp3) is 0.917. The third-order valence-corrected chi connectivity index (χ3v) is 2.84. The zero-order chi connectivity index (χ0) is 12.3. The van der Waals surface area contributed by atoms with Crippen molar-refractivity contribution < 1.29 is 9.53 Å². The normalized spacial score (nSPS) is 20.1. The van der Waals surface area contributed by atoms with Crippen LogP contribution in [0.5, 0.6) is 0 Å². The summed E-state index contributed by atoms with van der Waals surface area (Å²) in [5.41, 5.74) is -0.412. The third-order valence-electron chi connectivity index (χ3n) is 2.84. The van der Waals surface area contributed by atoms with Crippen LogP contribution in [0.3, 0.4) is 0 Å². The van der Waals surface area contributed by atoms with Gasteiger partial charge in [-0.15, -0.1) is 0 Å². The van der Waals surface area contributed by atoms with Crippen molar-refractivity contribution in [3.8, 4) is 0 Å². The van der Waals surface area contributed by atoms with Crippen LogP contribution in [-0.2, 0) is 4.74 Å². The molecular formula is C12H24N2O2. The second-order valence-electron chi connectivity index (χ2n) is 5.55. The quantitative estimate of drug-likeness (QED) is 0.803. The maximum absolute atomic E-state index is 11.5. The molecule has 1 saturated heterocycles. The molecule has 1 amide bonds. The van der Waals surface area contributed by atoms with E-state index in [-0.39, 0.29) is 12.1 Å². The van der Waals surface area contributed by atoms with Gasteiger partial charge in [0.1, 0.15) is 5.60 Å². The summed E-state index contributed by atoms with van der Waals surface area (Å²) in [5.74, 6) is 0. The first-order valence-corrected chi connectivity index (χ1v) is 6.05. The molecule has 0 radical (unpaired) electrons. The Kier molecular flexibility index (Phi) is 4.19. The fourth-order valence-corrected chi connectivity index (χ4v) is 1.70. The van der Waals surface area contributed by atoms with Crippen molar-refractivity contribution >= 4 is 6.09 Å². The summed E-state index contributed by atoms with van der Waals surface area (Å²) in [6, 6.07) is 0.862. The smallest absolute Gasteiger partial charge is 0.407 e. The topological polar surface area (TPSA) is 41.6 Å². The second-order valence-corrected chi connectivity index (χ2v) is 5.55. The van der Waals surface area contributed by atoms with Crippen molar-refractivity contribution in [3.05, 3.63) is 0 Å². The highest BCUT2D eigenvalue weighted by Crippen LogP contribution is 2.15. The molecule has 16 heavy (non-hydrogen) atoms. The molecule has 4 nitrogen and oxygen atoms in total. The lowest BCUT2D eigenvalue weighted by molar-refractivity contribution is 0.0335. The van der Waals surface area contributed by atoms with Crippen LogP contribution >= 0.6 is 0 Å². The molecular weight excluding hydrogens is 204 g/mol. The van der Waals surface area contributed by atoms with E-state index in [1.807, 2.05) is 20.8 Å². The van der Waals surface area contributed by atoms with Crippen LogP contribution in [0.4, 0.5) is 4.79 Å². The molecule has 1 fully saturated rings. The number of carbonyl (C=O) groups is 1. The van der Waals surface area contributed by atoms with Crippen molar-refractivity contribution in [2.45, 2.75) is 58.7 Å². The summed E-state index contributed by atoms with van der Waals surface area (Å²) in [5, 5.41) is 2.88. The van der Waals surface area contributed by atoms with Crippen molar-refractivity contribution in [2.75, 3.05) is 13.1 Å². The van der Waals surface area contributed by atoms with Gasteiger partial charge in [-0.2, -0.15) is 0 Å². The zero-order valence-corrected chi connectivity index (χ0v) is 11.0. The average Bonchev–Trinajstić information content (AvgIpc) is 2.06. The number of nitrogens with zero attached hydrogens (tertiary/aromatic N) is 1. The molecule has 0 bridgehead atoms. The summed E-state index contributed by atoms with van der Waals surface area (Å²) in [6.07, 6.45) is 0.848. The van der Waals surface area contributed by atoms with E-state index in [1.165, 1.54) is 0 Å². The summed E-state index contributed by atoms with van der Waals surface area (Å²) >= 11 is 0. The molecule has 4 heteroatoms. The van der Waals surface area contributed by atoms with Gasteiger partial charge in [0.05, 0.1) is 6.04 Å². The number of rotatable bonds is 3. The molecule has 0 aromatic heterocycles. The molecule has 1 aliphatic heterocycles. The van der Waals surface area contributed by atoms with Gasteiger partial charge >= 0.3 is 6.09 Å². The van der Waals surface area contributed by atoms with E-state index in [1.54, 1.807) is 0 Å². The van der Waals surface area contributed by atoms with Gasteiger partial charge in [0.2, 0.25) is 0 Å². The first kappa shape index (κ1) is 13.3. The minimum absolute atomic E-state index is 0.254. The molecule has 0 aliphatic carbocycles. The minimum Gasteiger partial charge on any atom is -0.444 e. The first-order chi connectivity index (χ1) is 7.31. The lowest BCUT2D eigenvalue weighted by Gasteiger charge is -2.43. The van der Waals surface area contributed by atoms with Crippen LogP contribution in [0, 0.1) is 0 Å². The van der Waals surface area contributed by atoms with E-state index in [4.69, 9.17) is 4.74 Å². The Hall–Kier alpha value is -0.770. The highest BCUT2D eigenvalue weighted by molar-refractivity contribution is 5.68. The summed E-state index contributed by atoms with van der Waals surface area (Å²) in [7, 11) is 0. The predicted molar refractivity (Wildman–Crippen MR) is 64.5 cm³/mol. The van der Waals surface area contributed by atoms with Gasteiger partial charge in [0, 0.05) is 19.1 Å². The number of likely N-dealkylation sites (tertiary alicyclic amines) is 1. The van der Waals surface area contributed by atoms with E-state index in [2.05, 4.69) is 24.1 Å². The molecule has 1 aliphatic rings. The van der Waals surface area contributed by atoms with E-state index >= 15 is 0 Å². The molecule has 1 atom stereocenters. The van der Waals surface area contributed by atoms with E-state index in [9.17, 15) is 4.79 Å². The largest absolute Gasteiger partial charge is 0.444 e. The first-order valence-electron chi connectivity index (χ1n) is 6.05. The van der Waals surface area contributed by atoms with Crippen molar-refractivity contribution in [2.24, 2.45) is 0 Å². The molecule has 1 N–H and O–H groups in total. The molecule has 1 rings (SSSR count). The Morgan fingerprint density at radius 2 is 2.06 bits per heavy atom. The standard InChI is InChI=1S/C12H24N2O2/c1-6-9(2)14-7-10(8-14)13-11(15)16-12(3,4)5/h9-10H,6-8H2,1-5H3,(H,13,15). The van der Waals surface area contributed by atoms with Crippen molar-refractivity contribution in [1.29, 1.82) is 0 Å². The number of hydrogen-bond acceptors (Lipinski definition) is 3. The maximum Gasteiger partial charge on any atom is 0.407 e. The van der Waals surface area contributed by atoms with Crippen molar-refractivity contribution in [3.63, 3.8) is 0 Å². The second kappa shape index (κ2) is 5.04. The van der Waals surface area contributed by atoms with Crippen LogP contribution in [0.25, 0.3) is 0 Å². The van der Waals surface area contributed by atoms with Gasteiger partial charge in [-0.25, -0.2) is 4.79 Å². The Morgan fingerprint density at radius 1 is 1.50 bits per heavy atom. The van der Waals surface area contributed by atoms with Gasteiger partial charge in [0.15, 0.2) is 0 Å². The van der Waals surface area contributed by atoms with Gasteiger partial charge in [0.25, 0.3) is 0 Å². The monoisotopic (exact) mass is 228 g/mol. The lowest BCUT2D eigenvalue weighted by Crippen LogP contribution is -2.61. The van der Waals surface area contributed by atoms with E-state index in [0.29, 0.717) is 6.04 Å². The lowest BCUT2D eigenvalue weighted by atomic mass is 10.1. The minimum atomic E-state index is -0.412. The van der Waals surface area contributed by atoms with Crippen LogP contribution < -0.4 is 5.32 Å². The van der Waals surface area contributed by atoms with Crippen LogP contribution in [0.2, 0.25) is 0 Å². The Morgan fingerprint density at radius 3 is 2.50 bits per heavy atom. The van der Waals surface area contributed by atoms with Gasteiger partial charge in [-0.3, -0.25) is 4.90 Å². The number of carbonyl (C=O) groups excluding carboxylic acids is 1. The summed E-state index contributed by atoms with van der Waals surface area (Å²) < 4.78 is 5.20. The highest BCUT2D eigenvalue weighted by Gasteiger charge is 2.31. The number of amides is 1. The van der Waals surface area contributed by atoms with E-state index < -0.39 is 5.60 Å². The van der Waals surface area contributed by atoms with Crippen LogP contribution in [0.1, 0.15) is 41.0 Å². The number of hydrogen-bond donors (Lipinski definition) is 1. The third kappa shape index (κ3) is 4.00. The molecule has 1 unspecified atom stereocenters. The molecule has 0 aromatic carbocycles. The van der Waals surface area contributed by atoms with Gasteiger partial charge in [-0.1, -0.05) is 6.92 Å². The average molecular weight is 228 g/mol. The molecule has 1 heterocycles. The SMILES string of the molecule is CCC(C)N1CC(NC(=O)OC(C)(C)C)C1. The molecule has 0 saturated carbocycles. The number of nitrogens with one attached hydrogen (secondary N) is 1. The zero-order valence-electron chi connectivity index (χ0n) is 11.0. The number of alkyl carbamates (subject to hydrolysis) is 1. The van der Waals surface area contributed by atoms with Gasteiger partial charge < -0.3 is 10.1 Å². The Labute approximate surface area is 98.3 Å². The summed E-state index contributed by atoms with van der Waals surface area (Å²) in [4.78, 5) is 13.8. The Bertz CT molecular complexity index is 242. The summed E-state index contributed by atoms with van der Waals surface area (Å²) in [6.45, 7) is 11.9. The highest BCUT2D eigenvalue weighted by atomic mass is 16.6. The number of ether oxygens (including phenoxy) is 1. The van der Waals surface area contributed by atoms with Crippen molar-refractivity contribution in [1.82, 2.24) is 10.2 Å². The maximum atomic E-state index is 11.5. The van der Waals surface area contributed by atoms with E-state index in [0.717, 1.165) is 19.5 Å².